The molecule has 0 aliphatic carbocycles. The molecule has 48 heavy (non-hydrogen) atoms. The Labute approximate surface area is 274 Å². The molecule has 4 aromatic rings. The molecule has 0 bridgehead atoms. The lowest BCUT2D eigenvalue weighted by atomic mass is 10.1. The Kier molecular flexibility index (Phi) is 12.7. The maximum atomic E-state index is 13.9. The summed E-state index contributed by atoms with van der Waals surface area (Å²) in [7, 11) is 1.58. The molecule has 3 heterocycles. The van der Waals surface area contributed by atoms with Crippen molar-refractivity contribution >= 4 is 17.1 Å². The van der Waals surface area contributed by atoms with Gasteiger partial charge in [-0.1, -0.05) is 26.0 Å². The highest BCUT2D eigenvalue weighted by molar-refractivity contribution is 5.77. The summed E-state index contributed by atoms with van der Waals surface area (Å²) in [6.45, 7) is 7.38. The first-order valence-electron chi connectivity index (χ1n) is 15.8. The maximum absolute atomic E-state index is 13.9. The number of aromatic nitrogens is 6. The van der Waals surface area contributed by atoms with Crippen LogP contribution in [0.2, 0.25) is 0 Å². The molecule has 0 N–H and O–H groups in total. The van der Waals surface area contributed by atoms with Gasteiger partial charge in [0.15, 0.2) is 17.4 Å². The minimum Gasteiger partial charge on any atom is -0.441 e. The summed E-state index contributed by atoms with van der Waals surface area (Å²) in [5, 5.41) is 4.34. The number of benzene rings is 1. The number of esters is 1. The van der Waals surface area contributed by atoms with Crippen LogP contribution in [0.4, 0.5) is 13.2 Å². The molecule has 0 aliphatic heterocycles. The molecule has 1 aromatic carbocycles. The van der Waals surface area contributed by atoms with Crippen molar-refractivity contribution in [3.05, 3.63) is 68.6 Å². The molecule has 1 atom stereocenters. The van der Waals surface area contributed by atoms with Gasteiger partial charge in [0, 0.05) is 32.8 Å². The topological polar surface area (TPSA) is 134 Å². The number of nitrogens with zero attached hydrogens (tertiary/aromatic N) is 6. The third kappa shape index (κ3) is 8.59. The molecular weight excluding hydrogens is 637 g/mol. The van der Waals surface area contributed by atoms with E-state index >= 15 is 0 Å². The molecule has 0 saturated carbocycles. The minimum atomic E-state index is -4.49. The standard InChI is InChI=1S/C32H41F3N6O7/c1-5-12-40-30(43)27-29(39(7-3)31(40)44)37-28(23-19-36-38(21-23)20-22-9-8-10-24(18-22)32(33,34)35)41(27)25(6-2)48-26(42)11-13-46-16-17-47-15-14-45-4/h8-10,18-19,21,25H,5-7,11-17,20H2,1-4H3. The van der Waals surface area contributed by atoms with Gasteiger partial charge in [0.25, 0.3) is 5.56 Å². The zero-order chi connectivity index (χ0) is 34.8. The number of methoxy groups -OCH3 is 1. The van der Waals surface area contributed by atoms with E-state index in [9.17, 15) is 27.6 Å². The van der Waals surface area contributed by atoms with Crippen molar-refractivity contribution < 1.29 is 36.9 Å². The third-order valence-corrected chi connectivity index (χ3v) is 7.47. The lowest BCUT2D eigenvalue weighted by Crippen LogP contribution is -2.40. The quantitative estimate of drug-likeness (QED) is 0.112. The molecule has 262 valence electrons. The molecule has 0 radical (unpaired) electrons. The summed E-state index contributed by atoms with van der Waals surface area (Å²) in [6.07, 6.45) is -1.74. The number of aryl methyl sites for hydroxylation is 1. The Morgan fingerprint density at radius 2 is 1.73 bits per heavy atom. The normalized spacial score (nSPS) is 12.6. The summed E-state index contributed by atoms with van der Waals surface area (Å²) in [5.74, 6) is -0.370. The fourth-order valence-electron chi connectivity index (χ4n) is 5.20. The molecule has 0 fully saturated rings. The van der Waals surface area contributed by atoms with Crippen LogP contribution >= 0.6 is 0 Å². The number of ether oxygens (including phenoxy) is 4. The second kappa shape index (κ2) is 16.7. The first-order chi connectivity index (χ1) is 23.0. The number of carbonyl (C=O) groups is 1. The minimum absolute atomic E-state index is 0.0245. The zero-order valence-electron chi connectivity index (χ0n) is 27.5. The van der Waals surface area contributed by atoms with E-state index in [1.807, 2.05) is 6.92 Å². The van der Waals surface area contributed by atoms with Gasteiger partial charge < -0.3 is 18.9 Å². The number of alkyl halides is 3. The summed E-state index contributed by atoms with van der Waals surface area (Å²) >= 11 is 0. The van der Waals surface area contributed by atoms with Crippen molar-refractivity contribution in [3.63, 3.8) is 0 Å². The van der Waals surface area contributed by atoms with E-state index in [1.54, 1.807) is 33.2 Å². The van der Waals surface area contributed by atoms with E-state index in [0.717, 1.165) is 16.7 Å². The van der Waals surface area contributed by atoms with Crippen molar-refractivity contribution in [3.8, 4) is 11.4 Å². The Bertz CT molecular complexity index is 1790. The van der Waals surface area contributed by atoms with Gasteiger partial charge in [-0.15, -0.1) is 0 Å². The third-order valence-electron chi connectivity index (χ3n) is 7.47. The fourth-order valence-corrected chi connectivity index (χ4v) is 5.20. The average Bonchev–Trinajstić information content (AvgIpc) is 3.68. The highest BCUT2D eigenvalue weighted by atomic mass is 19.4. The lowest BCUT2D eigenvalue weighted by Gasteiger charge is -2.21. The van der Waals surface area contributed by atoms with Gasteiger partial charge in [-0.25, -0.2) is 9.78 Å². The van der Waals surface area contributed by atoms with Gasteiger partial charge in [-0.05, 0) is 31.0 Å². The van der Waals surface area contributed by atoms with Gasteiger partial charge in [-0.2, -0.15) is 18.3 Å². The summed E-state index contributed by atoms with van der Waals surface area (Å²) < 4.78 is 67.0. The highest BCUT2D eigenvalue weighted by Crippen LogP contribution is 2.31. The molecule has 0 aliphatic rings. The van der Waals surface area contributed by atoms with Gasteiger partial charge in [0.1, 0.15) is 5.82 Å². The number of fused-ring (bicyclic) bond motifs is 1. The van der Waals surface area contributed by atoms with E-state index in [1.165, 1.54) is 26.1 Å². The van der Waals surface area contributed by atoms with Crippen molar-refractivity contribution in [1.29, 1.82) is 0 Å². The molecule has 4 rings (SSSR count). The van der Waals surface area contributed by atoms with Crippen molar-refractivity contribution in [2.45, 2.75) is 72.1 Å². The molecular formula is C32H41F3N6O7. The smallest absolute Gasteiger partial charge is 0.416 e. The van der Waals surface area contributed by atoms with Crippen LogP contribution in [0.15, 0.2) is 46.2 Å². The van der Waals surface area contributed by atoms with Gasteiger partial charge in [-0.3, -0.25) is 28.0 Å². The predicted molar refractivity (Wildman–Crippen MR) is 170 cm³/mol. The summed E-state index contributed by atoms with van der Waals surface area (Å²) in [4.78, 5) is 44.9. The Morgan fingerprint density at radius 3 is 2.40 bits per heavy atom. The summed E-state index contributed by atoms with van der Waals surface area (Å²) in [5.41, 5.74) is -0.894. The molecule has 0 spiro atoms. The van der Waals surface area contributed by atoms with Crippen LogP contribution < -0.4 is 11.2 Å². The number of hydrogen-bond donors (Lipinski definition) is 0. The number of carbonyl (C=O) groups excluding carboxylic acids is 1. The second-order valence-corrected chi connectivity index (χ2v) is 10.9. The van der Waals surface area contributed by atoms with Crippen LogP contribution in [-0.4, -0.2) is 74.6 Å². The fraction of sp³-hybridized carbons (Fsp3) is 0.531. The van der Waals surface area contributed by atoms with Crippen LogP contribution in [0.3, 0.4) is 0 Å². The number of rotatable bonds is 18. The van der Waals surface area contributed by atoms with Crippen molar-refractivity contribution in [1.82, 2.24) is 28.5 Å². The van der Waals surface area contributed by atoms with E-state index < -0.39 is 35.2 Å². The predicted octanol–water partition coefficient (Wildman–Crippen LogP) is 4.24. The molecule has 0 amide bonds. The van der Waals surface area contributed by atoms with E-state index in [-0.39, 0.29) is 62.7 Å². The first kappa shape index (κ1) is 36.6. The van der Waals surface area contributed by atoms with Crippen LogP contribution in [0.25, 0.3) is 22.6 Å². The SMILES string of the molecule is CCCn1c(=O)c2c(nc(-c3cnn(Cc4cccc(C(F)(F)F)c4)c3)n2C(CC)OC(=O)CCOCCOCCOC)n(CC)c1=O. The van der Waals surface area contributed by atoms with Crippen LogP contribution in [-0.2, 0) is 49.6 Å². The van der Waals surface area contributed by atoms with Crippen molar-refractivity contribution in [2.24, 2.45) is 0 Å². The Balaban J connectivity index is 1.69. The molecule has 1 unspecified atom stereocenters. The Morgan fingerprint density at radius 1 is 1.00 bits per heavy atom. The summed E-state index contributed by atoms with van der Waals surface area (Å²) in [6, 6.07) is 4.94. The monoisotopic (exact) mass is 678 g/mol. The number of halogens is 3. The lowest BCUT2D eigenvalue weighted by molar-refractivity contribution is -0.155. The molecule has 3 aromatic heterocycles. The van der Waals surface area contributed by atoms with Gasteiger partial charge in [0.05, 0.1) is 63.3 Å². The Hall–Kier alpha value is -4.28. The largest absolute Gasteiger partial charge is 0.441 e. The number of imidazole rings is 1. The zero-order valence-corrected chi connectivity index (χ0v) is 27.5. The highest BCUT2D eigenvalue weighted by Gasteiger charge is 2.31. The van der Waals surface area contributed by atoms with Crippen LogP contribution in [0.1, 0.15) is 57.4 Å². The van der Waals surface area contributed by atoms with Crippen molar-refractivity contribution in [2.75, 3.05) is 40.1 Å². The number of hydrogen-bond acceptors (Lipinski definition) is 9. The van der Waals surface area contributed by atoms with Crippen LogP contribution in [0.5, 0.6) is 0 Å². The van der Waals surface area contributed by atoms with Crippen LogP contribution in [0, 0.1) is 0 Å². The molecule has 13 nitrogen and oxygen atoms in total. The maximum Gasteiger partial charge on any atom is 0.416 e. The van der Waals surface area contributed by atoms with Gasteiger partial charge >= 0.3 is 17.8 Å². The molecule has 16 heteroatoms. The van der Waals surface area contributed by atoms with Gasteiger partial charge in [0.2, 0.25) is 0 Å². The average molecular weight is 679 g/mol. The first-order valence-corrected chi connectivity index (χ1v) is 15.8. The molecule has 0 saturated heterocycles. The van der Waals surface area contributed by atoms with E-state index in [2.05, 4.69) is 5.10 Å². The van der Waals surface area contributed by atoms with E-state index in [0.29, 0.717) is 37.4 Å². The van der Waals surface area contributed by atoms with E-state index in [4.69, 9.17) is 23.9 Å². The second-order valence-electron chi connectivity index (χ2n) is 10.9.